The third kappa shape index (κ3) is 5.20. The van der Waals surface area contributed by atoms with Crippen LogP contribution in [0.15, 0.2) is 54.6 Å². The molecule has 2 nitrogen and oxygen atoms in total. The van der Waals surface area contributed by atoms with Crippen molar-refractivity contribution in [2.75, 3.05) is 13.2 Å². The van der Waals surface area contributed by atoms with Crippen LogP contribution in [-0.4, -0.2) is 18.3 Å². The summed E-state index contributed by atoms with van der Waals surface area (Å²) in [6, 6.07) is 15.2. The number of rotatable bonds is 5. The first-order valence-electron chi connectivity index (χ1n) is 7.28. The van der Waals surface area contributed by atoms with Crippen molar-refractivity contribution in [2.24, 2.45) is 0 Å². The lowest BCUT2D eigenvalue weighted by molar-refractivity contribution is 0.305. The van der Waals surface area contributed by atoms with Crippen LogP contribution in [-0.2, 0) is 0 Å². The van der Waals surface area contributed by atoms with E-state index in [0.717, 1.165) is 6.54 Å². The van der Waals surface area contributed by atoms with Gasteiger partial charge in [0, 0.05) is 19.0 Å². The van der Waals surface area contributed by atoms with E-state index in [2.05, 4.69) is 66.5 Å². The quantitative estimate of drug-likeness (QED) is 0.821. The Morgan fingerprint density at radius 1 is 1.18 bits per heavy atom. The summed E-state index contributed by atoms with van der Waals surface area (Å²) < 4.78 is 0. The predicted octanol–water partition coefficient (Wildman–Crippen LogP) is 3.85. The van der Waals surface area contributed by atoms with Crippen LogP contribution in [0.4, 0.5) is 0 Å². The molecule has 3 heteroatoms. The van der Waals surface area contributed by atoms with Gasteiger partial charge in [-0.3, -0.25) is 0 Å². The number of benzene rings is 2. The molecule has 0 aromatic heterocycles. The second kappa shape index (κ2) is 10.0. The Labute approximate surface area is 138 Å². The van der Waals surface area contributed by atoms with Gasteiger partial charge in [-0.2, -0.15) is 0 Å². The van der Waals surface area contributed by atoms with E-state index in [1.807, 2.05) is 12.2 Å². The van der Waals surface area contributed by atoms with Crippen LogP contribution < -0.4 is 5.32 Å². The molecule has 2 aromatic rings. The van der Waals surface area contributed by atoms with Gasteiger partial charge in [0.25, 0.3) is 0 Å². The standard InChI is InChI=1S/C19H21NO.ClH/c1-16(20-14-7-3-2-4-8-15-21)18-13-9-11-17-10-5-6-12-19(17)18;/h3,5-7,9-13,16,20-21H,8,14-15H2,1H3;1H/t16-;/m1./s1. The molecule has 0 bridgehead atoms. The zero-order valence-electron chi connectivity index (χ0n) is 12.8. The molecule has 0 saturated heterocycles. The van der Waals surface area contributed by atoms with Gasteiger partial charge in [-0.1, -0.05) is 60.4 Å². The Bertz CT molecular complexity index is 664. The number of allylic oxidation sites excluding steroid dienone is 1. The van der Waals surface area contributed by atoms with Crippen molar-refractivity contribution in [1.29, 1.82) is 0 Å². The first-order chi connectivity index (χ1) is 10.3. The second-order valence-corrected chi connectivity index (χ2v) is 4.90. The van der Waals surface area contributed by atoms with Crippen LogP contribution in [0.3, 0.4) is 0 Å². The highest BCUT2D eigenvalue weighted by Crippen LogP contribution is 2.23. The topological polar surface area (TPSA) is 32.3 Å². The van der Waals surface area contributed by atoms with Crippen molar-refractivity contribution < 1.29 is 5.11 Å². The van der Waals surface area contributed by atoms with Gasteiger partial charge in [0.1, 0.15) is 0 Å². The highest BCUT2D eigenvalue weighted by atomic mass is 35.5. The van der Waals surface area contributed by atoms with Crippen molar-refractivity contribution in [2.45, 2.75) is 19.4 Å². The normalized spacial score (nSPS) is 11.7. The number of hydrogen-bond acceptors (Lipinski definition) is 2. The van der Waals surface area contributed by atoms with E-state index in [-0.39, 0.29) is 25.1 Å². The summed E-state index contributed by atoms with van der Waals surface area (Å²) in [6.07, 6.45) is 4.37. The predicted molar refractivity (Wildman–Crippen MR) is 96.2 cm³/mol. The molecule has 2 aromatic carbocycles. The maximum absolute atomic E-state index is 8.62. The van der Waals surface area contributed by atoms with Crippen molar-refractivity contribution >= 4 is 23.2 Å². The van der Waals surface area contributed by atoms with Gasteiger partial charge in [0.2, 0.25) is 0 Å². The van der Waals surface area contributed by atoms with E-state index in [1.54, 1.807) is 0 Å². The molecule has 0 aliphatic carbocycles. The first-order valence-corrected chi connectivity index (χ1v) is 7.28. The van der Waals surface area contributed by atoms with E-state index in [9.17, 15) is 0 Å². The van der Waals surface area contributed by atoms with Gasteiger partial charge in [-0.25, -0.2) is 0 Å². The van der Waals surface area contributed by atoms with Gasteiger partial charge < -0.3 is 10.4 Å². The van der Waals surface area contributed by atoms with Gasteiger partial charge in [-0.15, -0.1) is 12.4 Å². The maximum atomic E-state index is 8.62. The lowest BCUT2D eigenvalue weighted by Gasteiger charge is -2.15. The monoisotopic (exact) mass is 315 g/mol. The Hall–Kier alpha value is -1.79. The average molecular weight is 316 g/mol. The third-order valence-electron chi connectivity index (χ3n) is 3.37. The smallest absolute Gasteiger partial charge is 0.0540 e. The molecule has 0 fully saturated rings. The summed E-state index contributed by atoms with van der Waals surface area (Å²) in [7, 11) is 0. The molecule has 22 heavy (non-hydrogen) atoms. The molecule has 1 atom stereocenters. The second-order valence-electron chi connectivity index (χ2n) is 4.90. The fourth-order valence-corrected chi connectivity index (χ4v) is 2.29. The van der Waals surface area contributed by atoms with Crippen LogP contribution in [0.5, 0.6) is 0 Å². The number of nitrogens with one attached hydrogen (secondary N) is 1. The number of halogens is 1. The Morgan fingerprint density at radius 3 is 2.77 bits per heavy atom. The van der Waals surface area contributed by atoms with Crippen molar-refractivity contribution in [1.82, 2.24) is 5.32 Å². The summed E-state index contributed by atoms with van der Waals surface area (Å²) in [4.78, 5) is 0. The minimum atomic E-state index is 0. The molecule has 0 aliphatic rings. The summed E-state index contributed by atoms with van der Waals surface area (Å²) in [5.41, 5.74) is 1.31. The number of fused-ring (bicyclic) bond motifs is 1. The van der Waals surface area contributed by atoms with Gasteiger partial charge in [-0.05, 0) is 29.3 Å². The van der Waals surface area contributed by atoms with Gasteiger partial charge in [0.05, 0.1) is 6.61 Å². The van der Waals surface area contributed by atoms with E-state index in [1.165, 1.54) is 16.3 Å². The fourth-order valence-electron chi connectivity index (χ4n) is 2.29. The van der Waals surface area contributed by atoms with E-state index in [0.29, 0.717) is 6.42 Å². The summed E-state index contributed by atoms with van der Waals surface area (Å²) in [5.74, 6) is 5.76. The molecule has 0 unspecified atom stereocenters. The van der Waals surface area contributed by atoms with Crippen LogP contribution in [0.2, 0.25) is 0 Å². The summed E-state index contributed by atoms with van der Waals surface area (Å²) >= 11 is 0. The molecule has 0 aliphatic heterocycles. The van der Waals surface area contributed by atoms with E-state index < -0.39 is 0 Å². The van der Waals surface area contributed by atoms with Crippen LogP contribution in [0.25, 0.3) is 10.8 Å². The number of aliphatic hydroxyl groups is 1. The lowest BCUT2D eigenvalue weighted by Crippen LogP contribution is -2.18. The van der Waals surface area contributed by atoms with Gasteiger partial charge in [0.15, 0.2) is 0 Å². The third-order valence-corrected chi connectivity index (χ3v) is 3.37. The molecule has 0 amide bonds. The van der Waals surface area contributed by atoms with Crippen molar-refractivity contribution in [3.8, 4) is 11.8 Å². The maximum Gasteiger partial charge on any atom is 0.0540 e. The van der Waals surface area contributed by atoms with E-state index >= 15 is 0 Å². The Morgan fingerprint density at radius 2 is 1.95 bits per heavy atom. The highest BCUT2D eigenvalue weighted by Gasteiger charge is 2.07. The van der Waals surface area contributed by atoms with Crippen LogP contribution in [0, 0.1) is 11.8 Å². The molecule has 0 heterocycles. The minimum absolute atomic E-state index is 0. The molecule has 2 N–H and O–H groups in total. The Balaban J connectivity index is 0.00000242. The summed E-state index contributed by atoms with van der Waals surface area (Å²) in [6.45, 7) is 3.07. The molecule has 116 valence electrons. The molecule has 0 spiro atoms. The molecule has 0 radical (unpaired) electrons. The van der Waals surface area contributed by atoms with Crippen LogP contribution >= 0.6 is 12.4 Å². The summed E-state index contributed by atoms with van der Waals surface area (Å²) in [5, 5.41) is 14.7. The molecule has 2 rings (SSSR count). The zero-order chi connectivity index (χ0) is 14.9. The Kier molecular flexibility index (Phi) is 8.32. The molecular formula is C19H22ClNO. The number of aliphatic hydroxyl groups excluding tert-OH is 1. The largest absolute Gasteiger partial charge is 0.395 e. The highest BCUT2D eigenvalue weighted by molar-refractivity contribution is 5.86. The molecule has 0 saturated carbocycles. The van der Waals surface area contributed by atoms with Crippen molar-refractivity contribution in [3.05, 3.63) is 60.2 Å². The van der Waals surface area contributed by atoms with E-state index in [4.69, 9.17) is 5.11 Å². The average Bonchev–Trinajstić information content (AvgIpc) is 2.53. The van der Waals surface area contributed by atoms with Crippen LogP contribution in [0.1, 0.15) is 24.9 Å². The lowest BCUT2D eigenvalue weighted by atomic mass is 10.00. The minimum Gasteiger partial charge on any atom is -0.395 e. The zero-order valence-corrected chi connectivity index (χ0v) is 13.6. The fraction of sp³-hybridized carbons (Fsp3) is 0.263. The SMILES string of the molecule is C[C@@H](NCC=CC#CCCO)c1cccc2ccccc12.Cl. The molecular weight excluding hydrogens is 294 g/mol. The number of hydrogen-bond donors (Lipinski definition) is 2. The first kappa shape index (κ1) is 18.3. The van der Waals surface area contributed by atoms with Gasteiger partial charge >= 0.3 is 0 Å². The van der Waals surface area contributed by atoms with Crippen molar-refractivity contribution in [3.63, 3.8) is 0 Å².